The van der Waals surface area contributed by atoms with Crippen molar-refractivity contribution in [2.75, 3.05) is 18.6 Å². The number of carbonyl (C=O) groups is 1. The Kier molecular flexibility index (Phi) is 5.31. The molecule has 0 spiro atoms. The van der Waals surface area contributed by atoms with Crippen LogP contribution in [0, 0.1) is 5.92 Å². The Hall–Kier alpha value is -1.46. The predicted octanol–water partition coefficient (Wildman–Crippen LogP) is 2.49. The summed E-state index contributed by atoms with van der Waals surface area (Å²) in [4.78, 5) is 14.3. The van der Waals surface area contributed by atoms with Gasteiger partial charge in [0.05, 0.1) is 6.10 Å². The van der Waals surface area contributed by atoms with Gasteiger partial charge in [-0.15, -0.1) is 0 Å². The van der Waals surface area contributed by atoms with E-state index in [1.807, 2.05) is 31.2 Å². The first-order chi connectivity index (χ1) is 10.0. The molecule has 4 nitrogen and oxygen atoms in total. The van der Waals surface area contributed by atoms with Gasteiger partial charge in [-0.25, -0.2) is 0 Å². The highest BCUT2D eigenvalue weighted by Crippen LogP contribution is 2.33. The molecule has 0 aromatic heterocycles. The molecular weight excluding hydrogens is 284 g/mol. The fourth-order valence-corrected chi connectivity index (χ4v) is 2.74. The number of rotatable bonds is 6. The van der Waals surface area contributed by atoms with E-state index < -0.39 is 0 Å². The summed E-state index contributed by atoms with van der Waals surface area (Å²) in [5.41, 5.74) is 7.23. The highest BCUT2D eigenvalue weighted by atomic mass is 32.1. The second kappa shape index (κ2) is 7.00. The smallest absolute Gasteiger partial charge is 0.226 e. The van der Waals surface area contributed by atoms with Crippen molar-refractivity contribution in [3.05, 3.63) is 29.8 Å². The van der Waals surface area contributed by atoms with Crippen molar-refractivity contribution in [3.63, 3.8) is 0 Å². The average molecular weight is 306 g/mol. The van der Waals surface area contributed by atoms with Crippen LogP contribution in [-0.4, -0.2) is 30.7 Å². The average Bonchev–Trinajstić information content (AvgIpc) is 2.44. The lowest BCUT2D eigenvalue weighted by molar-refractivity contribution is -0.121. The molecule has 0 heterocycles. The molecule has 1 aliphatic carbocycles. The van der Waals surface area contributed by atoms with Crippen molar-refractivity contribution < 1.29 is 9.53 Å². The molecular formula is C16H22N2O2S. The summed E-state index contributed by atoms with van der Waals surface area (Å²) in [7, 11) is 1.79. The molecule has 2 N–H and O–H groups in total. The number of anilines is 1. The zero-order chi connectivity index (χ0) is 15.4. The van der Waals surface area contributed by atoms with Gasteiger partial charge in [-0.3, -0.25) is 4.79 Å². The molecule has 0 unspecified atom stereocenters. The van der Waals surface area contributed by atoms with E-state index in [-0.39, 0.29) is 5.91 Å². The molecule has 1 aromatic rings. The lowest BCUT2D eigenvalue weighted by Gasteiger charge is -2.35. The van der Waals surface area contributed by atoms with Crippen molar-refractivity contribution in [1.29, 1.82) is 0 Å². The van der Waals surface area contributed by atoms with E-state index in [1.54, 1.807) is 11.9 Å². The zero-order valence-electron chi connectivity index (χ0n) is 12.5. The Morgan fingerprint density at radius 2 is 2.19 bits per heavy atom. The number of benzene rings is 1. The first-order valence-corrected chi connectivity index (χ1v) is 7.70. The standard InChI is InChI=1S/C16H22N2O2S/c1-3-20-14-7-11(8-14)9-15(19)18(2)13-6-4-5-12(10-13)16(17)21/h4-6,10-11,14H,3,7-9H2,1-2H3,(H2,17,21). The number of hydrogen-bond donors (Lipinski definition) is 1. The maximum atomic E-state index is 12.3. The van der Waals surface area contributed by atoms with Crippen LogP contribution in [0.3, 0.4) is 0 Å². The van der Waals surface area contributed by atoms with Crippen LogP contribution >= 0.6 is 12.2 Å². The lowest BCUT2D eigenvalue weighted by Crippen LogP contribution is -2.36. The summed E-state index contributed by atoms with van der Waals surface area (Å²) in [5.74, 6) is 0.560. The minimum absolute atomic E-state index is 0.120. The number of amides is 1. The van der Waals surface area contributed by atoms with Gasteiger partial charge in [0.15, 0.2) is 0 Å². The summed E-state index contributed by atoms with van der Waals surface area (Å²) in [6.45, 7) is 2.75. The molecule has 2 rings (SSSR count). The van der Waals surface area contributed by atoms with E-state index in [0.717, 1.165) is 30.7 Å². The Morgan fingerprint density at radius 1 is 1.48 bits per heavy atom. The molecule has 1 saturated carbocycles. The summed E-state index contributed by atoms with van der Waals surface area (Å²) < 4.78 is 5.52. The van der Waals surface area contributed by atoms with Crippen molar-refractivity contribution in [3.8, 4) is 0 Å². The second-order valence-corrected chi connectivity index (χ2v) is 5.93. The van der Waals surface area contributed by atoms with Gasteiger partial charge in [-0.2, -0.15) is 0 Å². The van der Waals surface area contributed by atoms with Crippen molar-refractivity contribution in [2.24, 2.45) is 11.7 Å². The minimum Gasteiger partial charge on any atom is -0.389 e. The van der Waals surface area contributed by atoms with Gasteiger partial charge in [-0.05, 0) is 37.8 Å². The fraction of sp³-hybridized carbons (Fsp3) is 0.500. The van der Waals surface area contributed by atoms with E-state index in [2.05, 4.69) is 0 Å². The van der Waals surface area contributed by atoms with Crippen LogP contribution in [0.25, 0.3) is 0 Å². The van der Waals surface area contributed by atoms with Gasteiger partial charge in [0.25, 0.3) is 0 Å². The molecule has 0 radical (unpaired) electrons. The lowest BCUT2D eigenvalue weighted by atomic mass is 9.79. The van der Waals surface area contributed by atoms with Crippen LogP contribution in [0.2, 0.25) is 0 Å². The third-order valence-corrected chi connectivity index (χ3v) is 4.19. The summed E-state index contributed by atoms with van der Waals surface area (Å²) in [5, 5.41) is 0. The van der Waals surface area contributed by atoms with Gasteiger partial charge in [0.2, 0.25) is 5.91 Å². The largest absolute Gasteiger partial charge is 0.389 e. The quantitative estimate of drug-likeness (QED) is 0.820. The highest BCUT2D eigenvalue weighted by molar-refractivity contribution is 7.80. The van der Waals surface area contributed by atoms with Crippen LogP contribution in [0.15, 0.2) is 24.3 Å². The summed E-state index contributed by atoms with van der Waals surface area (Å²) in [6.07, 6.45) is 2.88. The van der Waals surface area contributed by atoms with Crippen molar-refractivity contribution in [1.82, 2.24) is 0 Å². The van der Waals surface area contributed by atoms with E-state index in [1.165, 1.54) is 0 Å². The van der Waals surface area contributed by atoms with Crippen LogP contribution in [-0.2, 0) is 9.53 Å². The Balaban J connectivity index is 1.91. The van der Waals surface area contributed by atoms with Crippen LogP contribution in [0.4, 0.5) is 5.69 Å². The second-order valence-electron chi connectivity index (χ2n) is 5.49. The van der Waals surface area contributed by atoms with Crippen LogP contribution < -0.4 is 10.6 Å². The number of ether oxygens (including phenoxy) is 1. The Bertz CT molecular complexity index is 527. The third-order valence-electron chi connectivity index (χ3n) is 3.95. The van der Waals surface area contributed by atoms with Gasteiger partial charge >= 0.3 is 0 Å². The normalized spacial score (nSPS) is 20.7. The molecule has 0 aliphatic heterocycles. The molecule has 1 aliphatic rings. The maximum absolute atomic E-state index is 12.3. The fourth-order valence-electron chi connectivity index (χ4n) is 2.61. The molecule has 114 valence electrons. The SMILES string of the molecule is CCOC1CC(CC(=O)N(C)c2cccc(C(N)=S)c2)C1. The topological polar surface area (TPSA) is 55.6 Å². The molecule has 0 bridgehead atoms. The van der Waals surface area contributed by atoms with Crippen LogP contribution in [0.5, 0.6) is 0 Å². The number of carbonyl (C=O) groups excluding carboxylic acids is 1. The molecule has 0 atom stereocenters. The molecule has 1 aromatic carbocycles. The molecule has 1 fully saturated rings. The first kappa shape index (κ1) is 15.9. The van der Waals surface area contributed by atoms with Gasteiger partial charge in [-0.1, -0.05) is 24.4 Å². The number of nitrogens with two attached hydrogens (primary N) is 1. The van der Waals surface area contributed by atoms with E-state index in [4.69, 9.17) is 22.7 Å². The molecule has 1 amide bonds. The van der Waals surface area contributed by atoms with Gasteiger partial charge in [0, 0.05) is 31.3 Å². The molecule has 21 heavy (non-hydrogen) atoms. The summed E-state index contributed by atoms with van der Waals surface area (Å²) >= 11 is 4.97. The summed E-state index contributed by atoms with van der Waals surface area (Å²) in [6, 6.07) is 7.46. The third kappa shape index (κ3) is 4.02. The number of hydrogen-bond acceptors (Lipinski definition) is 3. The monoisotopic (exact) mass is 306 g/mol. The van der Waals surface area contributed by atoms with Crippen molar-refractivity contribution in [2.45, 2.75) is 32.3 Å². The van der Waals surface area contributed by atoms with Gasteiger partial charge in [0.1, 0.15) is 4.99 Å². The maximum Gasteiger partial charge on any atom is 0.226 e. The number of thiocarbonyl (C=S) groups is 1. The van der Waals surface area contributed by atoms with E-state index in [0.29, 0.717) is 23.4 Å². The highest BCUT2D eigenvalue weighted by Gasteiger charge is 2.31. The minimum atomic E-state index is 0.120. The van der Waals surface area contributed by atoms with E-state index >= 15 is 0 Å². The van der Waals surface area contributed by atoms with Crippen LogP contribution in [0.1, 0.15) is 31.7 Å². The predicted molar refractivity (Wildman–Crippen MR) is 88.5 cm³/mol. The van der Waals surface area contributed by atoms with E-state index in [9.17, 15) is 4.79 Å². The first-order valence-electron chi connectivity index (χ1n) is 7.29. The number of nitrogens with zero attached hydrogens (tertiary/aromatic N) is 1. The Labute approximate surface area is 131 Å². The van der Waals surface area contributed by atoms with Crippen molar-refractivity contribution >= 4 is 28.8 Å². The zero-order valence-corrected chi connectivity index (χ0v) is 13.4. The Morgan fingerprint density at radius 3 is 2.81 bits per heavy atom. The molecule has 0 saturated heterocycles. The van der Waals surface area contributed by atoms with Gasteiger partial charge < -0.3 is 15.4 Å². The molecule has 5 heteroatoms.